The number of ether oxygens (including phenoxy) is 1. The van der Waals surface area contributed by atoms with Crippen LogP contribution in [0.2, 0.25) is 0 Å². The third-order valence-electron chi connectivity index (χ3n) is 5.46. The van der Waals surface area contributed by atoms with Crippen molar-refractivity contribution in [3.05, 3.63) is 113 Å². The zero-order valence-corrected chi connectivity index (χ0v) is 16.7. The number of hydrogen-bond acceptors (Lipinski definition) is 4. The van der Waals surface area contributed by atoms with Crippen LogP contribution >= 0.6 is 0 Å². The molecule has 0 bridgehead atoms. The molecular weight excluding hydrogens is 393 g/mol. The lowest BCUT2D eigenvalue weighted by Gasteiger charge is -2.17. The Morgan fingerprint density at radius 1 is 1.00 bits per heavy atom. The van der Waals surface area contributed by atoms with E-state index in [0.29, 0.717) is 17.0 Å². The maximum absolute atomic E-state index is 13.9. The van der Waals surface area contributed by atoms with Crippen molar-refractivity contribution in [3.63, 3.8) is 0 Å². The number of esters is 1. The lowest BCUT2D eigenvalue weighted by molar-refractivity contribution is 0.0361. The first kappa shape index (κ1) is 19.2. The first-order valence-electron chi connectivity index (χ1n) is 10.2. The molecule has 6 heteroatoms. The van der Waals surface area contributed by atoms with Gasteiger partial charge in [0.2, 0.25) is 0 Å². The summed E-state index contributed by atoms with van der Waals surface area (Å²) in [6.45, 7) is 0. The highest BCUT2D eigenvalue weighted by molar-refractivity contribution is 5.90. The van der Waals surface area contributed by atoms with Crippen LogP contribution in [-0.4, -0.2) is 20.7 Å². The van der Waals surface area contributed by atoms with E-state index in [9.17, 15) is 9.18 Å². The summed E-state index contributed by atoms with van der Waals surface area (Å²) in [7, 11) is 0. The molecule has 0 aliphatic heterocycles. The van der Waals surface area contributed by atoms with Gasteiger partial charge < -0.3 is 4.74 Å². The predicted octanol–water partition coefficient (Wildman–Crippen LogP) is 4.84. The van der Waals surface area contributed by atoms with Gasteiger partial charge in [-0.05, 0) is 55.7 Å². The number of carbonyl (C=O) groups is 1. The minimum absolute atomic E-state index is 0.314. The SMILES string of the molecule is O=C(OC(c1cccc(F)c1)c1ccccn1)c1nn(-c2ccccc2)c2c1CCC2. The zero-order valence-electron chi connectivity index (χ0n) is 16.7. The minimum atomic E-state index is -0.830. The Morgan fingerprint density at radius 3 is 2.61 bits per heavy atom. The molecule has 31 heavy (non-hydrogen) atoms. The van der Waals surface area contributed by atoms with Crippen molar-refractivity contribution in [2.24, 2.45) is 0 Å². The molecule has 0 radical (unpaired) electrons. The van der Waals surface area contributed by atoms with Gasteiger partial charge in [-0.25, -0.2) is 13.9 Å². The summed E-state index contributed by atoms with van der Waals surface area (Å²) in [5.74, 6) is -0.934. The average Bonchev–Trinajstić information content (AvgIpc) is 3.41. The predicted molar refractivity (Wildman–Crippen MR) is 113 cm³/mol. The Morgan fingerprint density at radius 2 is 1.84 bits per heavy atom. The third-order valence-corrected chi connectivity index (χ3v) is 5.46. The largest absolute Gasteiger partial charge is 0.446 e. The van der Waals surface area contributed by atoms with Crippen LogP contribution in [0.5, 0.6) is 0 Å². The molecule has 1 aliphatic rings. The number of hydrogen-bond donors (Lipinski definition) is 0. The number of rotatable bonds is 5. The molecule has 5 nitrogen and oxygen atoms in total. The van der Waals surface area contributed by atoms with Gasteiger partial charge in [-0.1, -0.05) is 36.4 Å². The third kappa shape index (κ3) is 3.72. The van der Waals surface area contributed by atoms with E-state index in [2.05, 4.69) is 10.1 Å². The number of para-hydroxylation sites is 1. The molecule has 0 saturated carbocycles. The lowest BCUT2D eigenvalue weighted by atomic mass is 10.1. The molecule has 1 unspecified atom stereocenters. The standard InChI is InChI=1S/C25H20FN3O2/c26-18-9-6-8-17(16-18)24(21-13-4-5-15-27-21)31-25(30)23-20-12-7-14-22(20)29(28-23)19-10-2-1-3-11-19/h1-6,8-11,13,15-16,24H,7,12,14H2. The molecule has 0 fully saturated rings. The van der Waals surface area contributed by atoms with Crippen molar-refractivity contribution in [2.75, 3.05) is 0 Å². The monoisotopic (exact) mass is 413 g/mol. The van der Waals surface area contributed by atoms with Crippen molar-refractivity contribution in [3.8, 4) is 5.69 Å². The van der Waals surface area contributed by atoms with Crippen molar-refractivity contribution >= 4 is 5.97 Å². The highest BCUT2D eigenvalue weighted by atomic mass is 19.1. The lowest BCUT2D eigenvalue weighted by Crippen LogP contribution is -2.16. The number of benzene rings is 2. The van der Waals surface area contributed by atoms with E-state index >= 15 is 0 Å². The van der Waals surface area contributed by atoms with Gasteiger partial charge in [-0.2, -0.15) is 5.10 Å². The van der Waals surface area contributed by atoms with Crippen LogP contribution in [0.1, 0.15) is 45.5 Å². The topological polar surface area (TPSA) is 57.0 Å². The van der Waals surface area contributed by atoms with Crippen LogP contribution in [0.4, 0.5) is 4.39 Å². The molecule has 4 aromatic rings. The summed E-state index contributed by atoms with van der Waals surface area (Å²) in [5.41, 5.74) is 4.23. The molecule has 154 valence electrons. The molecule has 0 spiro atoms. The summed E-state index contributed by atoms with van der Waals surface area (Å²) in [4.78, 5) is 17.6. The minimum Gasteiger partial charge on any atom is -0.446 e. The molecule has 0 saturated heterocycles. The Kier molecular flexibility index (Phi) is 5.04. The quantitative estimate of drug-likeness (QED) is 0.439. The summed E-state index contributed by atoms with van der Waals surface area (Å²) >= 11 is 0. The van der Waals surface area contributed by atoms with Gasteiger partial charge in [0.1, 0.15) is 5.82 Å². The number of halogens is 1. The van der Waals surface area contributed by atoms with E-state index < -0.39 is 17.9 Å². The summed E-state index contributed by atoms with van der Waals surface area (Å²) in [5, 5.41) is 4.61. The molecule has 5 rings (SSSR count). The molecular formula is C25H20FN3O2. The van der Waals surface area contributed by atoms with Crippen LogP contribution < -0.4 is 0 Å². The van der Waals surface area contributed by atoms with Crippen LogP contribution in [0.25, 0.3) is 5.69 Å². The molecule has 1 atom stereocenters. The van der Waals surface area contributed by atoms with E-state index in [1.165, 1.54) is 12.1 Å². The Hall–Kier alpha value is -3.80. The number of pyridine rings is 1. The van der Waals surface area contributed by atoms with E-state index in [0.717, 1.165) is 36.2 Å². The smallest absolute Gasteiger partial charge is 0.360 e. The highest BCUT2D eigenvalue weighted by Gasteiger charge is 2.30. The van der Waals surface area contributed by atoms with Crippen LogP contribution in [0, 0.1) is 5.82 Å². The highest BCUT2D eigenvalue weighted by Crippen LogP contribution is 2.31. The summed E-state index contributed by atoms with van der Waals surface area (Å²) in [6.07, 6.45) is 3.40. The maximum atomic E-state index is 13.9. The number of fused-ring (bicyclic) bond motifs is 1. The van der Waals surface area contributed by atoms with Crippen molar-refractivity contribution in [2.45, 2.75) is 25.4 Å². The Balaban J connectivity index is 1.52. The molecule has 0 N–H and O–H groups in total. The number of carbonyl (C=O) groups excluding carboxylic acids is 1. The van der Waals surface area contributed by atoms with Gasteiger partial charge >= 0.3 is 5.97 Å². The van der Waals surface area contributed by atoms with Crippen molar-refractivity contribution in [1.29, 1.82) is 0 Å². The Bertz CT molecular complexity index is 1220. The van der Waals surface area contributed by atoms with Gasteiger partial charge in [-0.3, -0.25) is 4.98 Å². The molecule has 2 heterocycles. The fourth-order valence-corrected chi connectivity index (χ4v) is 4.05. The van der Waals surface area contributed by atoms with E-state index in [-0.39, 0.29) is 0 Å². The van der Waals surface area contributed by atoms with Gasteiger partial charge in [0.25, 0.3) is 0 Å². The number of aromatic nitrogens is 3. The second-order valence-corrected chi connectivity index (χ2v) is 7.47. The summed E-state index contributed by atoms with van der Waals surface area (Å²) in [6, 6.07) is 21.1. The van der Waals surface area contributed by atoms with Gasteiger partial charge in [0, 0.05) is 23.0 Å². The fraction of sp³-hybridized carbons (Fsp3) is 0.160. The van der Waals surface area contributed by atoms with E-state index in [4.69, 9.17) is 4.74 Å². The molecule has 1 aliphatic carbocycles. The second-order valence-electron chi connectivity index (χ2n) is 7.47. The zero-order chi connectivity index (χ0) is 21.2. The first-order chi connectivity index (χ1) is 15.2. The van der Waals surface area contributed by atoms with Gasteiger partial charge in [0.15, 0.2) is 11.8 Å². The molecule has 2 aromatic heterocycles. The average molecular weight is 413 g/mol. The van der Waals surface area contributed by atoms with Gasteiger partial charge in [-0.15, -0.1) is 0 Å². The van der Waals surface area contributed by atoms with Crippen molar-refractivity contribution in [1.82, 2.24) is 14.8 Å². The van der Waals surface area contributed by atoms with Crippen LogP contribution in [0.15, 0.2) is 79.0 Å². The normalized spacial score (nSPS) is 13.6. The second kappa shape index (κ2) is 8.14. The first-order valence-corrected chi connectivity index (χ1v) is 10.2. The van der Waals surface area contributed by atoms with Gasteiger partial charge in [0.05, 0.1) is 11.4 Å². The molecule has 0 amide bonds. The van der Waals surface area contributed by atoms with Crippen LogP contribution in [-0.2, 0) is 17.6 Å². The van der Waals surface area contributed by atoms with E-state index in [1.54, 1.807) is 30.5 Å². The van der Waals surface area contributed by atoms with Crippen LogP contribution in [0.3, 0.4) is 0 Å². The number of nitrogens with zero attached hydrogens (tertiary/aromatic N) is 3. The van der Waals surface area contributed by atoms with Crippen molar-refractivity contribution < 1.29 is 13.9 Å². The summed E-state index contributed by atoms with van der Waals surface area (Å²) < 4.78 is 21.6. The maximum Gasteiger partial charge on any atom is 0.360 e. The van der Waals surface area contributed by atoms with E-state index in [1.807, 2.05) is 41.1 Å². The Labute approximate surface area is 179 Å². The molecule has 2 aromatic carbocycles. The fourth-order valence-electron chi connectivity index (χ4n) is 4.05.